The molecule has 0 aliphatic carbocycles. The van der Waals surface area contributed by atoms with Gasteiger partial charge in [0.05, 0.1) is 28.7 Å². The van der Waals surface area contributed by atoms with E-state index in [4.69, 9.17) is 5.53 Å². The molecular weight excluding hydrogens is 304 g/mol. The first-order valence-electron chi connectivity index (χ1n) is 6.57. The Morgan fingerprint density at radius 3 is 2.77 bits per heavy atom. The van der Waals surface area contributed by atoms with E-state index in [-0.39, 0.29) is 11.4 Å². The summed E-state index contributed by atoms with van der Waals surface area (Å²) in [4.78, 5) is 32.0. The zero-order valence-electron chi connectivity index (χ0n) is 12.4. The molecule has 2 aromatic heterocycles. The van der Waals surface area contributed by atoms with Gasteiger partial charge in [-0.15, -0.1) is 11.8 Å². The van der Waals surface area contributed by atoms with Crippen LogP contribution < -0.4 is 16.6 Å². The van der Waals surface area contributed by atoms with Crippen molar-refractivity contribution in [1.29, 1.82) is 5.53 Å². The number of nitrogens with zero attached hydrogens (tertiary/aromatic N) is 3. The fourth-order valence-electron chi connectivity index (χ4n) is 2.11. The summed E-state index contributed by atoms with van der Waals surface area (Å²) >= 11 is 1.36. The van der Waals surface area contributed by atoms with Crippen LogP contribution in [-0.4, -0.2) is 27.3 Å². The van der Waals surface area contributed by atoms with Crippen molar-refractivity contribution >= 4 is 23.1 Å². The molecule has 0 aliphatic heterocycles. The number of hydrogen-bond acceptors (Lipinski definition) is 7. The minimum Gasteiger partial charge on any atom is -0.385 e. The molecule has 2 aromatic rings. The highest BCUT2D eigenvalue weighted by atomic mass is 32.2. The highest BCUT2D eigenvalue weighted by Crippen LogP contribution is 2.28. The Bertz CT molecular complexity index is 826. The van der Waals surface area contributed by atoms with Crippen molar-refractivity contribution in [2.75, 3.05) is 18.1 Å². The molecule has 0 saturated carbocycles. The van der Waals surface area contributed by atoms with Crippen molar-refractivity contribution in [3.05, 3.63) is 38.9 Å². The number of pyridine rings is 1. The maximum absolute atomic E-state index is 12.7. The second kappa shape index (κ2) is 6.56. The predicted octanol–water partition coefficient (Wildman–Crippen LogP) is 2.05. The molecule has 0 aliphatic rings. The molecule has 2 rings (SSSR count). The molecule has 116 valence electrons. The average Bonchev–Trinajstić information content (AvgIpc) is 2.50. The molecule has 2 heterocycles. The standard InChI is InChI=1S/C13H16N6O2S/c1-4-22-11-7(2)17-13(21)19(12(11)20)9-6-16-5-8(18-14)10(9)15-3/h5-6,14H,4H2,1-3H3,(H,15,16)(H,17,21). The topological polar surface area (TPSA) is 116 Å². The van der Waals surface area contributed by atoms with Crippen LogP contribution in [0.2, 0.25) is 0 Å². The Morgan fingerprint density at radius 2 is 2.18 bits per heavy atom. The highest BCUT2D eigenvalue weighted by molar-refractivity contribution is 7.99. The van der Waals surface area contributed by atoms with Crippen LogP contribution in [0.5, 0.6) is 0 Å². The van der Waals surface area contributed by atoms with E-state index in [9.17, 15) is 9.59 Å². The van der Waals surface area contributed by atoms with Gasteiger partial charge in [-0.1, -0.05) is 6.92 Å². The molecule has 8 nitrogen and oxygen atoms in total. The molecule has 0 atom stereocenters. The Hall–Kier alpha value is -2.42. The summed E-state index contributed by atoms with van der Waals surface area (Å²) < 4.78 is 1.01. The molecule has 9 heteroatoms. The molecule has 0 amide bonds. The second-order valence-corrected chi connectivity index (χ2v) is 5.65. The number of H-pyrrole nitrogens is 1. The van der Waals surface area contributed by atoms with E-state index in [1.807, 2.05) is 6.92 Å². The van der Waals surface area contributed by atoms with E-state index in [0.29, 0.717) is 22.0 Å². The van der Waals surface area contributed by atoms with Crippen molar-refractivity contribution in [1.82, 2.24) is 14.5 Å². The predicted molar refractivity (Wildman–Crippen MR) is 85.9 cm³/mol. The molecular formula is C13H16N6O2S. The van der Waals surface area contributed by atoms with E-state index in [0.717, 1.165) is 4.57 Å². The van der Waals surface area contributed by atoms with E-state index in [1.165, 1.54) is 24.2 Å². The number of aryl methyl sites for hydroxylation is 1. The van der Waals surface area contributed by atoms with Crippen molar-refractivity contribution in [3.63, 3.8) is 0 Å². The van der Waals surface area contributed by atoms with Crippen LogP contribution in [0.4, 0.5) is 11.4 Å². The third-order valence-corrected chi connectivity index (χ3v) is 4.10. The van der Waals surface area contributed by atoms with Crippen LogP contribution in [0.25, 0.3) is 5.69 Å². The summed E-state index contributed by atoms with van der Waals surface area (Å²) in [5.74, 6) is 0.710. The fraction of sp³-hybridized carbons (Fsp3) is 0.308. The molecule has 22 heavy (non-hydrogen) atoms. The molecule has 0 fully saturated rings. The largest absolute Gasteiger partial charge is 0.385 e. The lowest BCUT2D eigenvalue weighted by Gasteiger charge is -2.13. The van der Waals surface area contributed by atoms with Gasteiger partial charge in [0.1, 0.15) is 5.69 Å². The number of nitrogens with one attached hydrogen (secondary N) is 3. The van der Waals surface area contributed by atoms with Gasteiger partial charge >= 0.3 is 5.69 Å². The Morgan fingerprint density at radius 1 is 1.45 bits per heavy atom. The van der Waals surface area contributed by atoms with Crippen LogP contribution in [0.3, 0.4) is 0 Å². The zero-order chi connectivity index (χ0) is 16.3. The highest BCUT2D eigenvalue weighted by Gasteiger charge is 2.17. The lowest BCUT2D eigenvalue weighted by molar-refractivity contribution is 0.812. The molecule has 0 radical (unpaired) electrons. The van der Waals surface area contributed by atoms with Gasteiger partial charge in [0, 0.05) is 12.7 Å². The molecule has 0 aromatic carbocycles. The smallest absolute Gasteiger partial charge is 0.333 e. The van der Waals surface area contributed by atoms with Crippen LogP contribution in [0.15, 0.2) is 32.0 Å². The number of aromatic nitrogens is 3. The minimum atomic E-state index is -0.552. The van der Waals surface area contributed by atoms with E-state index in [1.54, 1.807) is 14.0 Å². The van der Waals surface area contributed by atoms with Gasteiger partial charge < -0.3 is 10.3 Å². The molecule has 0 bridgehead atoms. The third-order valence-electron chi connectivity index (χ3n) is 3.04. The summed E-state index contributed by atoms with van der Waals surface area (Å²) in [6.07, 6.45) is 2.78. The van der Waals surface area contributed by atoms with E-state index < -0.39 is 11.2 Å². The summed E-state index contributed by atoms with van der Waals surface area (Å²) in [5, 5.41) is 6.22. The number of rotatable bonds is 5. The van der Waals surface area contributed by atoms with E-state index >= 15 is 0 Å². The number of aromatic amines is 1. The Balaban J connectivity index is 2.84. The summed E-state index contributed by atoms with van der Waals surface area (Å²) in [7, 11) is 1.63. The third kappa shape index (κ3) is 2.67. The lowest BCUT2D eigenvalue weighted by atomic mass is 10.3. The quantitative estimate of drug-likeness (QED) is 0.576. The summed E-state index contributed by atoms with van der Waals surface area (Å²) in [5.41, 5.74) is 7.65. The van der Waals surface area contributed by atoms with Gasteiger partial charge in [-0.25, -0.2) is 14.9 Å². The van der Waals surface area contributed by atoms with E-state index in [2.05, 4.69) is 20.4 Å². The first kappa shape index (κ1) is 16.0. The van der Waals surface area contributed by atoms with Crippen molar-refractivity contribution in [2.45, 2.75) is 18.7 Å². The summed E-state index contributed by atoms with van der Waals surface area (Å²) in [6.45, 7) is 3.62. The second-order valence-electron chi connectivity index (χ2n) is 4.37. The normalized spacial score (nSPS) is 10.5. The van der Waals surface area contributed by atoms with Gasteiger partial charge in [0.15, 0.2) is 0 Å². The van der Waals surface area contributed by atoms with Crippen LogP contribution in [0.1, 0.15) is 12.6 Å². The molecule has 3 N–H and O–H groups in total. The monoisotopic (exact) mass is 320 g/mol. The maximum Gasteiger partial charge on any atom is 0.333 e. The first-order valence-corrected chi connectivity index (χ1v) is 7.56. The minimum absolute atomic E-state index is 0.247. The molecule has 0 spiro atoms. The first-order chi connectivity index (χ1) is 10.5. The summed E-state index contributed by atoms with van der Waals surface area (Å²) in [6, 6.07) is 0. The van der Waals surface area contributed by atoms with Gasteiger partial charge in [-0.3, -0.25) is 9.78 Å². The van der Waals surface area contributed by atoms with Crippen LogP contribution >= 0.6 is 11.8 Å². The van der Waals surface area contributed by atoms with Crippen molar-refractivity contribution in [3.8, 4) is 5.69 Å². The lowest BCUT2D eigenvalue weighted by Crippen LogP contribution is -2.36. The zero-order valence-corrected chi connectivity index (χ0v) is 13.2. The van der Waals surface area contributed by atoms with Crippen LogP contribution in [0, 0.1) is 12.5 Å². The van der Waals surface area contributed by atoms with Gasteiger partial charge in [-0.2, -0.15) is 5.11 Å². The number of hydrogen-bond donors (Lipinski definition) is 3. The number of thioether (sulfide) groups is 1. The average molecular weight is 320 g/mol. The fourth-order valence-corrected chi connectivity index (χ4v) is 2.88. The molecule has 0 saturated heterocycles. The number of anilines is 1. The molecule has 0 unspecified atom stereocenters. The van der Waals surface area contributed by atoms with Crippen molar-refractivity contribution < 1.29 is 0 Å². The van der Waals surface area contributed by atoms with Gasteiger partial charge in [0.2, 0.25) is 0 Å². The van der Waals surface area contributed by atoms with Gasteiger partial charge in [0.25, 0.3) is 5.56 Å². The SMILES string of the molecule is CCSc1c(C)[nH]c(=O)n(-c2cncc(N=N)c2NC)c1=O. The van der Waals surface area contributed by atoms with Crippen molar-refractivity contribution in [2.24, 2.45) is 5.11 Å². The maximum atomic E-state index is 12.7. The van der Waals surface area contributed by atoms with Gasteiger partial charge in [-0.05, 0) is 12.7 Å². The van der Waals surface area contributed by atoms with Crippen LogP contribution in [-0.2, 0) is 0 Å². The Labute approximate surface area is 130 Å². The Kier molecular flexibility index (Phi) is 4.76.